The molecule has 0 radical (unpaired) electrons. The number of methoxy groups -OCH3 is 1. The molecule has 0 aliphatic rings. The average Bonchev–Trinajstić information content (AvgIpc) is 2.64. The molecule has 25 heavy (non-hydrogen) atoms. The summed E-state index contributed by atoms with van der Waals surface area (Å²) in [5, 5.41) is 12.8. The second kappa shape index (κ2) is 9.77. The van der Waals surface area contributed by atoms with E-state index >= 15 is 0 Å². The minimum Gasteiger partial charge on any atom is -0.383 e. The van der Waals surface area contributed by atoms with Crippen molar-refractivity contribution in [1.82, 2.24) is 19.9 Å². The third-order valence-electron chi connectivity index (χ3n) is 3.44. The predicted octanol–water partition coefficient (Wildman–Crippen LogP) is 2.16. The summed E-state index contributed by atoms with van der Waals surface area (Å²) in [4.78, 5) is 18.2. The second-order valence-electron chi connectivity index (χ2n) is 5.51. The molecule has 9 heteroatoms. The van der Waals surface area contributed by atoms with Crippen molar-refractivity contribution in [2.45, 2.75) is 26.7 Å². The van der Waals surface area contributed by atoms with Crippen LogP contribution in [-0.4, -0.2) is 60.3 Å². The number of anilines is 4. The highest BCUT2D eigenvalue weighted by Crippen LogP contribution is 2.26. The molecule has 0 aromatic carbocycles. The second-order valence-corrected chi connectivity index (χ2v) is 5.51. The molecular formula is C16H28N8O. The van der Waals surface area contributed by atoms with Gasteiger partial charge in [-0.25, -0.2) is 9.97 Å². The van der Waals surface area contributed by atoms with E-state index in [2.05, 4.69) is 55.1 Å². The van der Waals surface area contributed by atoms with Gasteiger partial charge in [-0.2, -0.15) is 9.97 Å². The van der Waals surface area contributed by atoms with E-state index in [1.807, 2.05) is 0 Å². The van der Waals surface area contributed by atoms with Crippen LogP contribution in [0.5, 0.6) is 0 Å². The van der Waals surface area contributed by atoms with Crippen molar-refractivity contribution in [2.75, 3.05) is 61.7 Å². The Labute approximate surface area is 148 Å². The predicted molar refractivity (Wildman–Crippen MR) is 103 cm³/mol. The van der Waals surface area contributed by atoms with Crippen LogP contribution in [0.2, 0.25) is 0 Å². The first-order valence-corrected chi connectivity index (χ1v) is 8.71. The van der Waals surface area contributed by atoms with Crippen LogP contribution in [-0.2, 0) is 4.74 Å². The van der Waals surface area contributed by atoms with Crippen LogP contribution in [0.4, 0.5) is 23.5 Å². The minimum absolute atomic E-state index is 0.531. The first-order chi connectivity index (χ1) is 12.2. The molecule has 0 saturated carbocycles. The van der Waals surface area contributed by atoms with Gasteiger partial charge in [0.1, 0.15) is 11.0 Å². The van der Waals surface area contributed by atoms with Gasteiger partial charge in [-0.1, -0.05) is 13.8 Å². The van der Waals surface area contributed by atoms with Gasteiger partial charge in [0.05, 0.1) is 6.61 Å². The smallest absolute Gasteiger partial charge is 0.225 e. The molecule has 0 unspecified atom stereocenters. The molecule has 0 fully saturated rings. The minimum atomic E-state index is 0.531. The first kappa shape index (κ1) is 18.9. The van der Waals surface area contributed by atoms with E-state index in [0.29, 0.717) is 47.7 Å². The van der Waals surface area contributed by atoms with E-state index in [9.17, 15) is 0 Å². The van der Waals surface area contributed by atoms with Crippen LogP contribution < -0.4 is 21.3 Å². The van der Waals surface area contributed by atoms with Crippen molar-refractivity contribution in [1.29, 1.82) is 0 Å². The number of nitrogens with one attached hydrogen (secondary N) is 4. The molecule has 2 aromatic rings. The summed E-state index contributed by atoms with van der Waals surface area (Å²) >= 11 is 0. The Balaban J connectivity index is 2.50. The lowest BCUT2D eigenvalue weighted by atomic mass is 10.3. The number of aromatic nitrogens is 4. The molecule has 0 aliphatic carbocycles. The van der Waals surface area contributed by atoms with Crippen molar-refractivity contribution in [3.8, 4) is 0 Å². The van der Waals surface area contributed by atoms with Crippen molar-refractivity contribution >= 4 is 34.6 Å². The molecular weight excluding hydrogens is 320 g/mol. The lowest BCUT2D eigenvalue weighted by molar-refractivity contribution is 0.210. The molecule has 4 N–H and O–H groups in total. The maximum atomic E-state index is 5.07. The highest BCUT2D eigenvalue weighted by Gasteiger charge is 2.15. The maximum Gasteiger partial charge on any atom is 0.225 e. The van der Waals surface area contributed by atoms with Crippen LogP contribution in [0.15, 0.2) is 0 Å². The Morgan fingerprint density at radius 3 is 1.84 bits per heavy atom. The van der Waals surface area contributed by atoms with E-state index in [1.165, 1.54) is 0 Å². The van der Waals surface area contributed by atoms with Gasteiger partial charge in [-0.3, -0.25) is 0 Å². The molecule has 0 spiro atoms. The standard InChI is InChI=1S/C16H28N8O/c1-5-7-18-13-12-11(21-15(17-3)23-13)14(19-8-6-2)24-16(22-12)20-9-10-25-4/h5-10H2,1-4H3,(H2,17,18,21,23)(H2,19,20,22,24). The fraction of sp³-hybridized carbons (Fsp3) is 0.625. The zero-order valence-corrected chi connectivity index (χ0v) is 15.4. The maximum absolute atomic E-state index is 5.07. The highest BCUT2D eigenvalue weighted by atomic mass is 16.5. The van der Waals surface area contributed by atoms with Crippen molar-refractivity contribution in [2.24, 2.45) is 0 Å². The lowest BCUT2D eigenvalue weighted by Gasteiger charge is -2.14. The molecule has 0 aliphatic heterocycles. The number of rotatable bonds is 11. The van der Waals surface area contributed by atoms with Crippen molar-refractivity contribution in [3.63, 3.8) is 0 Å². The van der Waals surface area contributed by atoms with Gasteiger partial charge in [0.15, 0.2) is 11.6 Å². The summed E-state index contributed by atoms with van der Waals surface area (Å²) in [6, 6.07) is 0. The van der Waals surface area contributed by atoms with Crippen molar-refractivity contribution < 1.29 is 4.74 Å². The first-order valence-electron chi connectivity index (χ1n) is 8.71. The molecule has 0 saturated heterocycles. The van der Waals surface area contributed by atoms with Crippen LogP contribution in [0.3, 0.4) is 0 Å². The third kappa shape index (κ3) is 5.02. The number of fused-ring (bicyclic) bond motifs is 1. The molecule has 2 rings (SSSR count). The zero-order chi connectivity index (χ0) is 18.1. The topological polar surface area (TPSA) is 109 Å². The summed E-state index contributed by atoms with van der Waals surface area (Å²) in [7, 11) is 3.46. The Kier molecular flexibility index (Phi) is 7.39. The molecule has 138 valence electrons. The van der Waals surface area contributed by atoms with E-state index < -0.39 is 0 Å². The van der Waals surface area contributed by atoms with Gasteiger partial charge in [-0.05, 0) is 12.8 Å². The van der Waals surface area contributed by atoms with E-state index in [1.54, 1.807) is 14.2 Å². The number of hydrogen-bond acceptors (Lipinski definition) is 9. The van der Waals surface area contributed by atoms with E-state index in [4.69, 9.17) is 4.74 Å². The molecule has 0 bridgehead atoms. The summed E-state index contributed by atoms with van der Waals surface area (Å²) in [5.41, 5.74) is 1.39. The fourth-order valence-corrected chi connectivity index (χ4v) is 2.20. The Morgan fingerprint density at radius 2 is 1.32 bits per heavy atom. The van der Waals surface area contributed by atoms with E-state index in [0.717, 1.165) is 25.9 Å². The molecule has 2 heterocycles. The zero-order valence-electron chi connectivity index (χ0n) is 15.4. The quantitative estimate of drug-likeness (QED) is 0.454. The molecule has 9 nitrogen and oxygen atoms in total. The Hall–Kier alpha value is -2.42. The van der Waals surface area contributed by atoms with E-state index in [-0.39, 0.29) is 0 Å². The molecule has 2 aromatic heterocycles. The van der Waals surface area contributed by atoms with Gasteiger partial charge in [0.25, 0.3) is 0 Å². The molecule has 0 amide bonds. The number of ether oxygens (including phenoxy) is 1. The Morgan fingerprint density at radius 1 is 0.760 bits per heavy atom. The number of nitrogens with zero attached hydrogens (tertiary/aromatic N) is 4. The largest absolute Gasteiger partial charge is 0.383 e. The van der Waals surface area contributed by atoms with Gasteiger partial charge in [0, 0.05) is 33.8 Å². The van der Waals surface area contributed by atoms with Crippen LogP contribution in [0, 0.1) is 0 Å². The van der Waals surface area contributed by atoms with Crippen LogP contribution in [0.25, 0.3) is 11.0 Å². The summed E-state index contributed by atoms with van der Waals surface area (Å²) in [6.45, 7) is 7.04. The lowest BCUT2D eigenvalue weighted by Crippen LogP contribution is -2.14. The summed E-state index contributed by atoms with van der Waals surface area (Å²) in [5.74, 6) is 2.47. The highest BCUT2D eigenvalue weighted by molar-refractivity contribution is 5.94. The Bertz CT molecular complexity index is 679. The van der Waals surface area contributed by atoms with Crippen LogP contribution >= 0.6 is 0 Å². The van der Waals surface area contributed by atoms with Gasteiger partial charge < -0.3 is 26.0 Å². The molecule has 0 atom stereocenters. The summed E-state index contributed by atoms with van der Waals surface area (Å²) < 4.78 is 5.07. The van der Waals surface area contributed by atoms with Crippen LogP contribution in [0.1, 0.15) is 26.7 Å². The summed E-state index contributed by atoms with van der Waals surface area (Å²) in [6.07, 6.45) is 1.98. The average molecular weight is 348 g/mol. The van der Waals surface area contributed by atoms with Crippen molar-refractivity contribution in [3.05, 3.63) is 0 Å². The van der Waals surface area contributed by atoms with Gasteiger partial charge in [-0.15, -0.1) is 0 Å². The van der Waals surface area contributed by atoms with Gasteiger partial charge >= 0.3 is 0 Å². The monoisotopic (exact) mass is 348 g/mol. The normalized spacial score (nSPS) is 10.7. The third-order valence-corrected chi connectivity index (χ3v) is 3.44. The van der Waals surface area contributed by atoms with Gasteiger partial charge in [0.2, 0.25) is 11.9 Å². The fourth-order valence-electron chi connectivity index (χ4n) is 2.20. The SMILES string of the molecule is CCCNc1nc(NCCOC)nc2c(NCCC)nc(NC)nc12. The number of hydrogen-bond donors (Lipinski definition) is 4.